The van der Waals surface area contributed by atoms with Crippen molar-refractivity contribution in [2.75, 3.05) is 0 Å². The van der Waals surface area contributed by atoms with Crippen molar-refractivity contribution in [3.8, 4) is 11.4 Å². The summed E-state index contributed by atoms with van der Waals surface area (Å²) in [6.07, 6.45) is 4.57. The Morgan fingerprint density at radius 3 is 2.84 bits per heavy atom. The number of rotatable bonds is 4. The highest BCUT2D eigenvalue weighted by atomic mass is 32.1. The molecule has 0 aliphatic rings. The van der Waals surface area contributed by atoms with E-state index in [-0.39, 0.29) is 5.56 Å². The van der Waals surface area contributed by atoms with Gasteiger partial charge in [0.1, 0.15) is 5.82 Å². The molecule has 0 spiro atoms. The Morgan fingerprint density at radius 2 is 2.04 bits per heavy atom. The summed E-state index contributed by atoms with van der Waals surface area (Å²) in [4.78, 5) is 22.8. The molecule has 5 nitrogen and oxygen atoms in total. The van der Waals surface area contributed by atoms with Crippen LogP contribution in [0.4, 0.5) is 0 Å². The lowest BCUT2D eigenvalue weighted by Crippen LogP contribution is -2.20. The van der Waals surface area contributed by atoms with Gasteiger partial charge in [0.05, 0.1) is 22.3 Å². The van der Waals surface area contributed by atoms with Crippen LogP contribution < -0.4 is 5.56 Å². The molecule has 1 aromatic carbocycles. The smallest absolute Gasteiger partial charge is 0.261 e. The summed E-state index contributed by atoms with van der Waals surface area (Å²) in [5.41, 5.74) is 4.48. The summed E-state index contributed by atoms with van der Waals surface area (Å²) in [6.45, 7) is 2.80. The number of para-hydroxylation sites is 1. The van der Waals surface area contributed by atoms with E-state index in [0.29, 0.717) is 11.4 Å². The monoisotopic (exact) mass is 350 g/mol. The lowest BCUT2D eigenvalue weighted by atomic mass is 10.1. The SMILES string of the molecule is Cc1ncsc1CCn1ccnc1-c1cc2ccccc2n(C)c1=O. The summed E-state index contributed by atoms with van der Waals surface area (Å²) in [5.74, 6) is 0.716. The summed E-state index contributed by atoms with van der Waals surface area (Å²) in [5, 5.41) is 1.03. The van der Waals surface area contributed by atoms with Crippen LogP contribution in [0.3, 0.4) is 0 Å². The largest absolute Gasteiger partial charge is 0.330 e. The van der Waals surface area contributed by atoms with Crippen molar-refractivity contribution in [3.05, 3.63) is 69.2 Å². The normalized spacial score (nSPS) is 11.3. The Kier molecular flexibility index (Phi) is 3.97. The van der Waals surface area contributed by atoms with Crippen molar-refractivity contribution in [3.63, 3.8) is 0 Å². The number of benzene rings is 1. The molecule has 6 heteroatoms. The fraction of sp³-hybridized carbons (Fsp3) is 0.211. The van der Waals surface area contributed by atoms with Gasteiger partial charge in [0, 0.05) is 37.3 Å². The third kappa shape index (κ3) is 2.78. The number of thiazole rings is 1. The van der Waals surface area contributed by atoms with Gasteiger partial charge in [-0.25, -0.2) is 9.97 Å². The lowest BCUT2D eigenvalue weighted by molar-refractivity contribution is 0.704. The van der Waals surface area contributed by atoms with Crippen LogP contribution in [0.2, 0.25) is 0 Å². The van der Waals surface area contributed by atoms with Gasteiger partial charge >= 0.3 is 0 Å². The van der Waals surface area contributed by atoms with Gasteiger partial charge in [0.2, 0.25) is 0 Å². The number of imidazole rings is 1. The molecular formula is C19H18N4OS. The number of fused-ring (bicyclic) bond motifs is 1. The fourth-order valence-corrected chi connectivity index (χ4v) is 3.87. The Hall–Kier alpha value is -2.73. The van der Waals surface area contributed by atoms with Crippen molar-refractivity contribution in [2.24, 2.45) is 7.05 Å². The molecule has 4 aromatic rings. The Labute approximate surface area is 149 Å². The van der Waals surface area contributed by atoms with E-state index < -0.39 is 0 Å². The first-order chi connectivity index (χ1) is 12.1. The maximum Gasteiger partial charge on any atom is 0.261 e. The highest BCUT2D eigenvalue weighted by Crippen LogP contribution is 2.21. The molecule has 0 aliphatic heterocycles. The molecule has 0 aliphatic carbocycles. The molecule has 3 aromatic heterocycles. The number of aryl methyl sites for hydroxylation is 4. The highest BCUT2D eigenvalue weighted by molar-refractivity contribution is 7.09. The van der Waals surface area contributed by atoms with E-state index in [1.165, 1.54) is 4.88 Å². The van der Waals surface area contributed by atoms with Crippen molar-refractivity contribution in [1.29, 1.82) is 0 Å². The van der Waals surface area contributed by atoms with Crippen LogP contribution in [-0.2, 0) is 20.0 Å². The third-order valence-corrected chi connectivity index (χ3v) is 5.51. The van der Waals surface area contributed by atoms with Crippen LogP contribution in [0, 0.1) is 6.92 Å². The standard InChI is InChI=1S/C19H18N4OS/c1-13-17(25-12-21-13)7-9-23-10-8-20-18(23)15-11-14-5-3-4-6-16(14)22(2)19(15)24/h3-6,8,10-12H,7,9H2,1-2H3. The van der Waals surface area contributed by atoms with Crippen LogP contribution in [-0.4, -0.2) is 19.1 Å². The fourth-order valence-electron chi connectivity index (χ4n) is 3.10. The number of hydrogen-bond donors (Lipinski definition) is 0. The van der Waals surface area contributed by atoms with Crippen LogP contribution in [0.1, 0.15) is 10.6 Å². The van der Waals surface area contributed by atoms with E-state index in [1.54, 1.807) is 22.1 Å². The topological polar surface area (TPSA) is 52.7 Å². The molecule has 0 saturated heterocycles. The first-order valence-corrected chi connectivity index (χ1v) is 9.02. The van der Waals surface area contributed by atoms with Crippen molar-refractivity contribution < 1.29 is 0 Å². The van der Waals surface area contributed by atoms with E-state index in [1.807, 2.05) is 60.6 Å². The first kappa shape index (κ1) is 15.8. The maximum atomic E-state index is 12.8. The van der Waals surface area contributed by atoms with Crippen molar-refractivity contribution in [2.45, 2.75) is 19.9 Å². The number of pyridine rings is 1. The minimum atomic E-state index is -0.0277. The Morgan fingerprint density at radius 1 is 1.20 bits per heavy atom. The second kappa shape index (κ2) is 6.29. The highest BCUT2D eigenvalue weighted by Gasteiger charge is 2.14. The van der Waals surface area contributed by atoms with Gasteiger partial charge in [-0.15, -0.1) is 11.3 Å². The summed E-state index contributed by atoms with van der Waals surface area (Å²) in [7, 11) is 1.81. The molecule has 0 fully saturated rings. The summed E-state index contributed by atoms with van der Waals surface area (Å²) < 4.78 is 3.74. The van der Waals surface area contributed by atoms with Crippen LogP contribution in [0.15, 0.2) is 53.0 Å². The molecule has 0 amide bonds. The average Bonchev–Trinajstić information content (AvgIpc) is 3.25. The van der Waals surface area contributed by atoms with E-state index >= 15 is 0 Å². The van der Waals surface area contributed by atoms with Crippen molar-refractivity contribution >= 4 is 22.2 Å². The number of aromatic nitrogens is 4. The van der Waals surface area contributed by atoms with Crippen LogP contribution in [0.5, 0.6) is 0 Å². The summed E-state index contributed by atoms with van der Waals surface area (Å²) in [6, 6.07) is 9.84. The zero-order chi connectivity index (χ0) is 17.4. The van der Waals surface area contributed by atoms with Gasteiger partial charge in [0.15, 0.2) is 0 Å². The van der Waals surface area contributed by atoms with Gasteiger partial charge in [-0.3, -0.25) is 4.79 Å². The van der Waals surface area contributed by atoms with Gasteiger partial charge < -0.3 is 9.13 Å². The molecule has 0 saturated carbocycles. The second-order valence-corrected chi connectivity index (χ2v) is 6.98. The van der Waals surface area contributed by atoms with E-state index in [9.17, 15) is 4.79 Å². The molecular weight excluding hydrogens is 332 g/mol. The van der Waals surface area contributed by atoms with E-state index in [0.717, 1.165) is 29.6 Å². The van der Waals surface area contributed by atoms with Crippen LogP contribution in [0.25, 0.3) is 22.3 Å². The molecule has 25 heavy (non-hydrogen) atoms. The molecule has 0 radical (unpaired) electrons. The van der Waals surface area contributed by atoms with Gasteiger partial charge in [-0.1, -0.05) is 18.2 Å². The molecule has 0 atom stereocenters. The molecule has 3 heterocycles. The zero-order valence-corrected chi connectivity index (χ0v) is 15.0. The number of hydrogen-bond acceptors (Lipinski definition) is 4. The molecule has 4 rings (SSSR count). The first-order valence-electron chi connectivity index (χ1n) is 8.14. The quantitative estimate of drug-likeness (QED) is 0.567. The molecule has 0 N–H and O–H groups in total. The molecule has 0 bridgehead atoms. The lowest BCUT2D eigenvalue weighted by Gasteiger charge is -2.11. The maximum absolute atomic E-state index is 12.8. The predicted molar refractivity (Wildman–Crippen MR) is 101 cm³/mol. The second-order valence-electron chi connectivity index (χ2n) is 6.04. The van der Waals surface area contributed by atoms with Gasteiger partial charge in [0.25, 0.3) is 5.56 Å². The zero-order valence-electron chi connectivity index (χ0n) is 14.1. The third-order valence-electron chi connectivity index (χ3n) is 4.51. The number of nitrogens with zero attached hydrogens (tertiary/aromatic N) is 4. The Balaban J connectivity index is 1.75. The average molecular weight is 350 g/mol. The Bertz CT molecular complexity index is 1110. The minimum Gasteiger partial charge on any atom is -0.330 e. The minimum absolute atomic E-state index is 0.0277. The molecule has 0 unspecified atom stereocenters. The van der Waals surface area contributed by atoms with Crippen molar-refractivity contribution in [1.82, 2.24) is 19.1 Å². The predicted octanol–water partition coefficient (Wildman–Crippen LogP) is 3.41. The van der Waals surface area contributed by atoms with E-state index in [2.05, 4.69) is 9.97 Å². The van der Waals surface area contributed by atoms with Gasteiger partial charge in [-0.05, 0) is 24.4 Å². The van der Waals surface area contributed by atoms with E-state index in [4.69, 9.17) is 0 Å². The summed E-state index contributed by atoms with van der Waals surface area (Å²) >= 11 is 1.67. The van der Waals surface area contributed by atoms with Crippen LogP contribution >= 0.6 is 11.3 Å². The molecule has 126 valence electrons. The van der Waals surface area contributed by atoms with Gasteiger partial charge in [-0.2, -0.15) is 0 Å².